The first-order valence-electron chi connectivity index (χ1n) is 7.92. The van der Waals surface area contributed by atoms with E-state index in [2.05, 4.69) is 5.32 Å². The number of amides is 2. The maximum absolute atomic E-state index is 12.7. The van der Waals surface area contributed by atoms with Gasteiger partial charge in [-0.1, -0.05) is 31.9 Å². The number of anilines is 1. The number of carbonyl (C=O) groups excluding carboxylic acids is 2. The molecule has 2 amide bonds. The second-order valence-electron chi connectivity index (χ2n) is 6.01. The Morgan fingerprint density at radius 2 is 2.00 bits per heavy atom. The highest BCUT2D eigenvalue weighted by Crippen LogP contribution is 2.32. The third-order valence-electron chi connectivity index (χ3n) is 4.62. The largest absolute Gasteiger partial charge is 0.335 e. The van der Waals surface area contributed by atoms with Crippen molar-refractivity contribution in [3.63, 3.8) is 0 Å². The molecule has 1 N–H and O–H groups in total. The van der Waals surface area contributed by atoms with Crippen LogP contribution in [0.25, 0.3) is 0 Å². The average molecular weight is 286 g/mol. The van der Waals surface area contributed by atoms with E-state index in [0.717, 1.165) is 24.9 Å². The Bertz CT molecular complexity index is 549. The van der Waals surface area contributed by atoms with Crippen molar-refractivity contribution in [3.8, 4) is 0 Å². The van der Waals surface area contributed by atoms with Gasteiger partial charge in [-0.2, -0.15) is 0 Å². The van der Waals surface area contributed by atoms with E-state index in [1.165, 1.54) is 12.8 Å². The minimum Gasteiger partial charge on any atom is -0.335 e. The second-order valence-corrected chi connectivity index (χ2v) is 6.01. The summed E-state index contributed by atoms with van der Waals surface area (Å²) >= 11 is 0. The van der Waals surface area contributed by atoms with Crippen LogP contribution in [0.3, 0.4) is 0 Å². The van der Waals surface area contributed by atoms with Crippen molar-refractivity contribution in [3.05, 3.63) is 29.8 Å². The number of nitrogens with one attached hydrogen (secondary N) is 1. The summed E-state index contributed by atoms with van der Waals surface area (Å²) < 4.78 is 0. The molecular formula is C17H22N2O2. The molecule has 1 unspecified atom stereocenters. The molecule has 3 rings (SSSR count). The molecule has 0 spiro atoms. The van der Waals surface area contributed by atoms with E-state index in [9.17, 15) is 9.59 Å². The number of benzene rings is 1. The van der Waals surface area contributed by atoms with Crippen molar-refractivity contribution < 1.29 is 9.59 Å². The van der Waals surface area contributed by atoms with Gasteiger partial charge in [0.1, 0.15) is 0 Å². The molecule has 1 aliphatic heterocycles. The first kappa shape index (κ1) is 14.1. The van der Waals surface area contributed by atoms with Gasteiger partial charge in [0.2, 0.25) is 0 Å². The predicted octanol–water partition coefficient (Wildman–Crippen LogP) is 3.51. The first-order chi connectivity index (χ1) is 10.2. The molecule has 0 radical (unpaired) electrons. The number of nitrogens with zero attached hydrogens (tertiary/aromatic N) is 1. The molecule has 112 valence electrons. The van der Waals surface area contributed by atoms with Crippen molar-refractivity contribution >= 4 is 17.5 Å². The first-order valence-corrected chi connectivity index (χ1v) is 7.92. The average Bonchev–Trinajstić information content (AvgIpc) is 2.99. The lowest BCUT2D eigenvalue weighted by Gasteiger charge is -2.36. The van der Waals surface area contributed by atoms with Crippen molar-refractivity contribution in [1.82, 2.24) is 5.32 Å². The highest BCUT2D eigenvalue weighted by atomic mass is 16.2. The zero-order chi connectivity index (χ0) is 14.8. The van der Waals surface area contributed by atoms with Gasteiger partial charge in [0.25, 0.3) is 0 Å². The van der Waals surface area contributed by atoms with Crippen LogP contribution in [0.15, 0.2) is 24.3 Å². The predicted molar refractivity (Wildman–Crippen MR) is 82.7 cm³/mol. The van der Waals surface area contributed by atoms with Gasteiger partial charge in [0.05, 0.1) is 5.69 Å². The normalized spacial score (nSPS) is 22.2. The number of carbonyl (C=O) groups is 2. The van der Waals surface area contributed by atoms with E-state index in [4.69, 9.17) is 0 Å². The number of hydrogen-bond donors (Lipinski definition) is 1. The van der Waals surface area contributed by atoms with E-state index in [-0.39, 0.29) is 17.9 Å². The van der Waals surface area contributed by atoms with Crippen LogP contribution in [0.1, 0.15) is 55.8 Å². The summed E-state index contributed by atoms with van der Waals surface area (Å²) in [4.78, 5) is 26.7. The van der Waals surface area contributed by atoms with Crippen molar-refractivity contribution in [2.24, 2.45) is 0 Å². The third-order valence-corrected chi connectivity index (χ3v) is 4.62. The monoisotopic (exact) mass is 286 g/mol. The molecule has 1 saturated carbocycles. The fraction of sp³-hybridized carbons (Fsp3) is 0.529. The summed E-state index contributed by atoms with van der Waals surface area (Å²) in [6.07, 6.45) is 5.73. The summed E-state index contributed by atoms with van der Waals surface area (Å²) in [6.45, 7) is 2.03. The van der Waals surface area contributed by atoms with Gasteiger partial charge in [0, 0.05) is 24.1 Å². The maximum Gasteiger partial charge on any atom is 0.322 e. The quantitative estimate of drug-likeness (QED) is 0.904. The number of hydrogen-bond acceptors (Lipinski definition) is 2. The summed E-state index contributed by atoms with van der Waals surface area (Å²) in [7, 11) is 0. The van der Waals surface area contributed by atoms with Gasteiger partial charge in [-0.3, -0.25) is 9.69 Å². The Morgan fingerprint density at radius 3 is 2.71 bits per heavy atom. The molecule has 1 aromatic rings. The van der Waals surface area contributed by atoms with Gasteiger partial charge in [0.15, 0.2) is 5.78 Å². The number of Topliss-reactive ketones (excluding diaryl/α,β-unsaturated/α-hetero) is 1. The molecule has 21 heavy (non-hydrogen) atoms. The smallest absolute Gasteiger partial charge is 0.322 e. The molecule has 1 aromatic carbocycles. The molecule has 1 fully saturated rings. The zero-order valence-electron chi connectivity index (χ0n) is 12.5. The lowest BCUT2D eigenvalue weighted by atomic mass is 9.93. The number of rotatable bonds is 2. The van der Waals surface area contributed by atoms with Crippen molar-refractivity contribution in [2.45, 2.75) is 57.5 Å². The number of para-hydroxylation sites is 1. The molecule has 1 aliphatic carbocycles. The van der Waals surface area contributed by atoms with Gasteiger partial charge in [-0.25, -0.2) is 4.79 Å². The Labute approximate surface area is 125 Å². The molecule has 4 heteroatoms. The third kappa shape index (κ3) is 2.67. The Hall–Kier alpha value is -1.84. The Kier molecular flexibility index (Phi) is 3.95. The molecule has 1 atom stereocenters. The highest BCUT2D eigenvalue weighted by Gasteiger charge is 2.34. The second kappa shape index (κ2) is 5.88. The van der Waals surface area contributed by atoms with Crippen molar-refractivity contribution in [1.29, 1.82) is 0 Å². The molecular weight excluding hydrogens is 264 g/mol. The number of urea groups is 1. The molecule has 2 aliphatic rings. The maximum atomic E-state index is 12.7. The van der Waals surface area contributed by atoms with Crippen LogP contribution >= 0.6 is 0 Å². The van der Waals surface area contributed by atoms with E-state index in [1.807, 2.05) is 31.2 Å². The number of ketones is 1. The lowest BCUT2D eigenvalue weighted by molar-refractivity contribution is 0.0967. The van der Waals surface area contributed by atoms with E-state index in [0.29, 0.717) is 18.0 Å². The minimum absolute atomic E-state index is 0.0335. The minimum atomic E-state index is -0.0475. The zero-order valence-corrected chi connectivity index (χ0v) is 12.5. The van der Waals surface area contributed by atoms with Gasteiger partial charge >= 0.3 is 6.03 Å². The van der Waals surface area contributed by atoms with Crippen molar-refractivity contribution in [2.75, 3.05) is 4.90 Å². The summed E-state index contributed by atoms with van der Waals surface area (Å²) in [5, 5.41) is 3.14. The highest BCUT2D eigenvalue weighted by molar-refractivity contribution is 6.09. The topological polar surface area (TPSA) is 49.4 Å². The fourth-order valence-corrected chi connectivity index (χ4v) is 3.45. The van der Waals surface area contributed by atoms with Crippen LogP contribution < -0.4 is 10.2 Å². The summed E-state index contributed by atoms with van der Waals surface area (Å²) in [6, 6.07) is 7.65. The molecule has 4 nitrogen and oxygen atoms in total. The Balaban J connectivity index is 1.88. The molecule has 0 saturated heterocycles. The Morgan fingerprint density at radius 1 is 1.29 bits per heavy atom. The van der Waals surface area contributed by atoms with Crippen LogP contribution in [0.4, 0.5) is 10.5 Å². The van der Waals surface area contributed by atoms with Gasteiger partial charge in [-0.05, 0) is 31.4 Å². The van der Waals surface area contributed by atoms with E-state index in [1.54, 1.807) is 4.90 Å². The summed E-state index contributed by atoms with van der Waals surface area (Å²) in [5.74, 6) is 0.141. The SMILES string of the molecule is CCC1CC(=O)c2ccccc2N1C(=O)NC1CCCC1. The summed E-state index contributed by atoms with van der Waals surface area (Å²) in [5.41, 5.74) is 1.43. The molecule has 0 bridgehead atoms. The van der Waals surface area contributed by atoms with Crippen LogP contribution in [0.2, 0.25) is 0 Å². The number of fused-ring (bicyclic) bond motifs is 1. The van der Waals surface area contributed by atoms with Crippen LogP contribution in [0.5, 0.6) is 0 Å². The molecule has 0 aromatic heterocycles. The van der Waals surface area contributed by atoms with Crippen LogP contribution in [-0.2, 0) is 0 Å². The van der Waals surface area contributed by atoms with Crippen LogP contribution in [-0.4, -0.2) is 23.9 Å². The van der Waals surface area contributed by atoms with Gasteiger partial charge < -0.3 is 5.32 Å². The standard InChI is InChI=1S/C17H22N2O2/c1-2-13-11-16(20)14-9-5-6-10-15(14)19(13)17(21)18-12-7-3-4-8-12/h5-6,9-10,12-13H,2-4,7-8,11H2,1H3,(H,18,21). The lowest BCUT2D eigenvalue weighted by Crippen LogP contribution is -2.51. The van der Waals surface area contributed by atoms with Crippen LogP contribution in [0, 0.1) is 0 Å². The molecule has 1 heterocycles. The van der Waals surface area contributed by atoms with Gasteiger partial charge in [-0.15, -0.1) is 0 Å². The van der Waals surface area contributed by atoms with E-state index >= 15 is 0 Å². The fourth-order valence-electron chi connectivity index (χ4n) is 3.45. The van der Waals surface area contributed by atoms with E-state index < -0.39 is 0 Å².